The molecule has 5 heteroatoms. The summed E-state index contributed by atoms with van der Waals surface area (Å²) in [7, 11) is 5.37. The fourth-order valence-electron chi connectivity index (χ4n) is 1.77. The predicted molar refractivity (Wildman–Crippen MR) is 83.7 cm³/mol. The van der Waals surface area contributed by atoms with E-state index < -0.39 is 0 Å². The number of methoxy groups -OCH3 is 1. The van der Waals surface area contributed by atoms with Gasteiger partial charge < -0.3 is 9.64 Å². The summed E-state index contributed by atoms with van der Waals surface area (Å²) in [6, 6.07) is 7.58. The molecule has 0 fully saturated rings. The van der Waals surface area contributed by atoms with Crippen molar-refractivity contribution >= 4 is 11.5 Å². The lowest BCUT2D eigenvalue weighted by Gasteiger charge is -2.25. The number of carbonyl (C=O) groups is 1. The zero-order valence-corrected chi connectivity index (χ0v) is 12.4. The normalized spacial score (nSPS) is 13.9. The number of ether oxygens (including phenoxy) is 1. The van der Waals surface area contributed by atoms with Gasteiger partial charge in [0.05, 0.1) is 12.8 Å². The van der Waals surface area contributed by atoms with Crippen molar-refractivity contribution in [3.63, 3.8) is 0 Å². The molecule has 0 unspecified atom stereocenters. The lowest BCUT2D eigenvalue weighted by atomic mass is 10.2. The van der Waals surface area contributed by atoms with E-state index in [2.05, 4.69) is 5.43 Å². The van der Waals surface area contributed by atoms with Crippen LogP contribution in [0.4, 0.5) is 5.69 Å². The topological polar surface area (TPSA) is 44.8 Å². The monoisotopic (exact) mass is 285 g/mol. The molecule has 0 spiro atoms. The van der Waals surface area contributed by atoms with E-state index in [4.69, 9.17) is 4.74 Å². The highest BCUT2D eigenvalue weighted by Crippen LogP contribution is 2.20. The number of carbonyl (C=O) groups excluding carboxylic acids is 1. The number of anilines is 1. The van der Waals surface area contributed by atoms with Crippen molar-refractivity contribution in [2.75, 3.05) is 26.2 Å². The average Bonchev–Trinajstić information content (AvgIpc) is 2.52. The Hall–Kier alpha value is -2.69. The highest BCUT2D eigenvalue weighted by molar-refractivity contribution is 6.04. The highest BCUT2D eigenvalue weighted by atomic mass is 16.5. The van der Waals surface area contributed by atoms with E-state index in [1.165, 1.54) is 6.08 Å². The average molecular weight is 285 g/mol. The summed E-state index contributed by atoms with van der Waals surface area (Å²) < 4.78 is 5.13. The highest BCUT2D eigenvalue weighted by Gasteiger charge is 2.13. The van der Waals surface area contributed by atoms with Crippen molar-refractivity contribution in [3.05, 3.63) is 60.6 Å². The molecule has 1 aromatic rings. The van der Waals surface area contributed by atoms with E-state index in [-0.39, 0.29) is 5.78 Å². The molecular weight excluding hydrogens is 266 g/mol. The Morgan fingerprint density at radius 1 is 1.29 bits per heavy atom. The molecule has 1 heterocycles. The number of hydrogen-bond acceptors (Lipinski definition) is 5. The minimum absolute atomic E-state index is 0.0773. The van der Waals surface area contributed by atoms with Crippen LogP contribution in [0, 0.1) is 0 Å². The number of rotatable bonds is 5. The van der Waals surface area contributed by atoms with Gasteiger partial charge in [0.2, 0.25) is 5.78 Å². The number of allylic oxidation sites excluding steroid dienone is 3. The lowest BCUT2D eigenvalue weighted by molar-refractivity contribution is -0.111. The van der Waals surface area contributed by atoms with Gasteiger partial charge in [-0.15, -0.1) is 0 Å². The van der Waals surface area contributed by atoms with Gasteiger partial charge in [0.25, 0.3) is 0 Å². The zero-order valence-electron chi connectivity index (χ0n) is 12.4. The Balaban J connectivity index is 2.08. The molecule has 110 valence electrons. The van der Waals surface area contributed by atoms with Gasteiger partial charge in [0.15, 0.2) is 0 Å². The Morgan fingerprint density at radius 2 is 2.00 bits per heavy atom. The largest absolute Gasteiger partial charge is 0.497 e. The third kappa shape index (κ3) is 3.89. The van der Waals surface area contributed by atoms with Crippen LogP contribution in [-0.4, -0.2) is 31.9 Å². The van der Waals surface area contributed by atoms with Crippen LogP contribution in [0.15, 0.2) is 60.6 Å². The molecule has 0 amide bonds. The van der Waals surface area contributed by atoms with E-state index in [1.807, 2.05) is 55.5 Å². The first kappa shape index (κ1) is 14.7. The Labute approximate surface area is 124 Å². The third-order valence-electron chi connectivity index (χ3n) is 2.88. The maximum atomic E-state index is 12.1. The van der Waals surface area contributed by atoms with Crippen molar-refractivity contribution in [3.8, 4) is 5.75 Å². The first-order valence-electron chi connectivity index (χ1n) is 6.57. The summed E-state index contributed by atoms with van der Waals surface area (Å²) in [6.07, 6.45) is 8.69. The molecule has 0 saturated heterocycles. The molecule has 0 radical (unpaired) electrons. The third-order valence-corrected chi connectivity index (χ3v) is 2.88. The second-order valence-electron chi connectivity index (χ2n) is 4.75. The SMILES string of the molecule is COc1ccc(N2C=CC=C(C(=O)C=CN(C)C)N2)cc1. The standard InChI is InChI=1S/C16H19N3O2/c1-18(2)12-10-16(20)15-5-4-11-19(17-15)13-6-8-14(21-3)9-7-13/h4-12,17H,1-3H3. The van der Waals surface area contributed by atoms with E-state index in [9.17, 15) is 4.79 Å². The van der Waals surface area contributed by atoms with E-state index >= 15 is 0 Å². The smallest absolute Gasteiger partial charge is 0.204 e. The molecule has 0 aliphatic carbocycles. The molecule has 0 bridgehead atoms. The molecule has 21 heavy (non-hydrogen) atoms. The van der Waals surface area contributed by atoms with Crippen molar-refractivity contribution in [1.29, 1.82) is 0 Å². The summed E-state index contributed by atoms with van der Waals surface area (Å²) in [5.41, 5.74) is 4.52. The van der Waals surface area contributed by atoms with Gasteiger partial charge in [-0.05, 0) is 36.4 Å². The van der Waals surface area contributed by atoms with Crippen molar-refractivity contribution in [2.45, 2.75) is 0 Å². The number of hydrazine groups is 1. The Kier molecular flexibility index (Phi) is 4.66. The van der Waals surface area contributed by atoms with Gasteiger partial charge in [-0.2, -0.15) is 0 Å². The van der Waals surface area contributed by atoms with Crippen LogP contribution in [0.2, 0.25) is 0 Å². The van der Waals surface area contributed by atoms with Gasteiger partial charge in [0, 0.05) is 32.6 Å². The molecule has 2 rings (SSSR count). The molecule has 1 aliphatic rings. The first-order valence-corrected chi connectivity index (χ1v) is 6.57. The van der Waals surface area contributed by atoms with Crippen LogP contribution < -0.4 is 15.2 Å². The van der Waals surface area contributed by atoms with Gasteiger partial charge >= 0.3 is 0 Å². The maximum Gasteiger partial charge on any atom is 0.204 e. The number of benzene rings is 1. The van der Waals surface area contributed by atoms with Crippen LogP contribution in [0.25, 0.3) is 0 Å². The van der Waals surface area contributed by atoms with Gasteiger partial charge in [-0.1, -0.05) is 0 Å². The fraction of sp³-hybridized carbons (Fsp3) is 0.188. The van der Waals surface area contributed by atoms with Crippen LogP contribution in [0.3, 0.4) is 0 Å². The van der Waals surface area contributed by atoms with Crippen LogP contribution in [-0.2, 0) is 4.79 Å². The second kappa shape index (κ2) is 6.65. The van der Waals surface area contributed by atoms with E-state index in [1.54, 1.807) is 24.4 Å². The van der Waals surface area contributed by atoms with Crippen LogP contribution in [0.5, 0.6) is 5.75 Å². The summed E-state index contributed by atoms with van der Waals surface area (Å²) in [5.74, 6) is 0.715. The van der Waals surface area contributed by atoms with Crippen molar-refractivity contribution in [1.82, 2.24) is 10.3 Å². The van der Waals surface area contributed by atoms with Gasteiger partial charge in [-0.25, -0.2) is 0 Å². The summed E-state index contributed by atoms with van der Waals surface area (Å²) in [6.45, 7) is 0. The van der Waals surface area contributed by atoms with Gasteiger partial charge in [0.1, 0.15) is 11.4 Å². The predicted octanol–water partition coefficient (Wildman–Crippen LogP) is 2.06. The Bertz CT molecular complexity index is 586. The minimum atomic E-state index is -0.0773. The molecule has 1 N–H and O–H groups in total. The molecule has 5 nitrogen and oxygen atoms in total. The quantitative estimate of drug-likeness (QED) is 0.839. The second-order valence-corrected chi connectivity index (χ2v) is 4.75. The number of ketones is 1. The van der Waals surface area contributed by atoms with Crippen LogP contribution in [0.1, 0.15) is 0 Å². The fourth-order valence-corrected chi connectivity index (χ4v) is 1.77. The molecule has 0 aromatic heterocycles. The number of nitrogens with one attached hydrogen (secondary N) is 1. The number of nitrogens with zero attached hydrogens (tertiary/aromatic N) is 2. The Morgan fingerprint density at radius 3 is 2.62 bits per heavy atom. The number of hydrogen-bond donors (Lipinski definition) is 1. The van der Waals surface area contributed by atoms with E-state index in [0.29, 0.717) is 5.70 Å². The van der Waals surface area contributed by atoms with Crippen LogP contribution >= 0.6 is 0 Å². The summed E-state index contributed by atoms with van der Waals surface area (Å²) >= 11 is 0. The zero-order chi connectivity index (χ0) is 15.2. The van der Waals surface area contributed by atoms with E-state index in [0.717, 1.165) is 11.4 Å². The maximum absolute atomic E-state index is 12.1. The molecular formula is C16H19N3O2. The summed E-state index contributed by atoms with van der Waals surface area (Å²) in [5, 5.41) is 1.79. The van der Waals surface area contributed by atoms with Crippen molar-refractivity contribution in [2.24, 2.45) is 0 Å². The molecule has 1 aliphatic heterocycles. The lowest BCUT2D eigenvalue weighted by Crippen LogP contribution is -2.37. The summed E-state index contributed by atoms with van der Waals surface area (Å²) in [4.78, 5) is 13.9. The first-order chi connectivity index (χ1) is 10.1. The minimum Gasteiger partial charge on any atom is -0.497 e. The van der Waals surface area contributed by atoms with Crippen molar-refractivity contribution < 1.29 is 9.53 Å². The molecule has 0 atom stereocenters. The van der Waals surface area contributed by atoms with Gasteiger partial charge in [-0.3, -0.25) is 15.2 Å². The molecule has 0 saturated carbocycles. The molecule has 1 aromatic carbocycles.